The molecule has 2 unspecified atom stereocenters. The smallest absolute Gasteiger partial charge is 0.330 e. The molecular formula is C11H18O6. The summed E-state index contributed by atoms with van der Waals surface area (Å²) in [6.45, 7) is 5.45. The molecule has 0 aliphatic carbocycles. The van der Waals surface area contributed by atoms with Crippen LogP contribution >= 0.6 is 0 Å². The van der Waals surface area contributed by atoms with Crippen LogP contribution in [-0.4, -0.2) is 62.9 Å². The van der Waals surface area contributed by atoms with Gasteiger partial charge in [0.25, 0.3) is 0 Å². The van der Waals surface area contributed by atoms with E-state index < -0.39 is 12.1 Å². The molecule has 0 aromatic carbocycles. The van der Waals surface area contributed by atoms with Crippen molar-refractivity contribution >= 4 is 5.97 Å². The first-order valence-electron chi connectivity index (χ1n) is 5.46. The Kier molecular flexibility index (Phi) is 6.80. The van der Waals surface area contributed by atoms with Crippen molar-refractivity contribution in [2.45, 2.75) is 12.2 Å². The summed E-state index contributed by atoms with van der Waals surface area (Å²) in [6.07, 6.45) is 0.464. The molecule has 0 saturated carbocycles. The number of carbonyl (C=O) groups excluding carboxylic acids is 1. The molecule has 17 heavy (non-hydrogen) atoms. The highest BCUT2D eigenvalue weighted by molar-refractivity contribution is 5.81. The highest BCUT2D eigenvalue weighted by atomic mass is 16.6. The van der Waals surface area contributed by atoms with Crippen LogP contribution in [0.4, 0.5) is 0 Å². The number of hydrogen-bond acceptors (Lipinski definition) is 6. The molecule has 1 N–H and O–H groups in total. The Morgan fingerprint density at radius 3 is 2.82 bits per heavy atom. The number of aliphatic hydroxyl groups is 1. The summed E-state index contributed by atoms with van der Waals surface area (Å²) in [5.41, 5.74) is 0. The first-order valence-corrected chi connectivity index (χ1v) is 5.46. The summed E-state index contributed by atoms with van der Waals surface area (Å²) in [5.74, 6) is -0.559. The zero-order valence-corrected chi connectivity index (χ0v) is 9.67. The minimum absolute atomic E-state index is 0.0956. The molecule has 0 spiro atoms. The molecule has 2 atom stereocenters. The highest BCUT2D eigenvalue weighted by Gasteiger charge is 2.21. The lowest BCUT2D eigenvalue weighted by Crippen LogP contribution is -2.24. The third-order valence-electron chi connectivity index (χ3n) is 1.97. The van der Waals surface area contributed by atoms with Crippen LogP contribution in [0.15, 0.2) is 12.7 Å². The number of ether oxygens (including phenoxy) is 4. The lowest BCUT2D eigenvalue weighted by Gasteiger charge is -2.11. The Labute approximate surface area is 100 Å². The van der Waals surface area contributed by atoms with E-state index in [1.165, 1.54) is 0 Å². The lowest BCUT2D eigenvalue weighted by molar-refractivity contribution is -0.142. The largest absolute Gasteiger partial charge is 0.460 e. The van der Waals surface area contributed by atoms with E-state index in [9.17, 15) is 9.90 Å². The summed E-state index contributed by atoms with van der Waals surface area (Å²) >= 11 is 0. The quantitative estimate of drug-likeness (QED) is 0.242. The Balaban J connectivity index is 1.83. The molecule has 0 bridgehead atoms. The van der Waals surface area contributed by atoms with E-state index in [-0.39, 0.29) is 19.3 Å². The van der Waals surface area contributed by atoms with Gasteiger partial charge in [0.1, 0.15) is 18.8 Å². The molecule has 1 rings (SSSR count). The van der Waals surface area contributed by atoms with Crippen LogP contribution in [0.25, 0.3) is 0 Å². The predicted molar refractivity (Wildman–Crippen MR) is 58.5 cm³/mol. The maximum absolute atomic E-state index is 10.7. The Hall–Kier alpha value is -0.950. The third-order valence-corrected chi connectivity index (χ3v) is 1.97. The van der Waals surface area contributed by atoms with Crippen molar-refractivity contribution in [3.8, 4) is 0 Å². The fraction of sp³-hybridized carbons (Fsp3) is 0.727. The van der Waals surface area contributed by atoms with Gasteiger partial charge in [0.15, 0.2) is 0 Å². The van der Waals surface area contributed by atoms with E-state index in [0.717, 1.165) is 12.7 Å². The van der Waals surface area contributed by atoms with Gasteiger partial charge in [-0.25, -0.2) is 4.79 Å². The van der Waals surface area contributed by atoms with Gasteiger partial charge in [-0.05, 0) is 0 Å². The van der Waals surface area contributed by atoms with E-state index in [1.807, 2.05) is 0 Å². The molecule has 0 aromatic rings. The molecule has 1 aliphatic rings. The topological polar surface area (TPSA) is 77.5 Å². The number of epoxide rings is 1. The minimum Gasteiger partial charge on any atom is -0.460 e. The first kappa shape index (κ1) is 14.1. The summed E-state index contributed by atoms with van der Waals surface area (Å²) in [5, 5.41) is 9.35. The van der Waals surface area contributed by atoms with Crippen molar-refractivity contribution in [1.82, 2.24) is 0 Å². The summed E-state index contributed by atoms with van der Waals surface area (Å²) in [6, 6.07) is 0. The molecular weight excluding hydrogens is 228 g/mol. The van der Waals surface area contributed by atoms with Gasteiger partial charge in [0, 0.05) is 6.08 Å². The van der Waals surface area contributed by atoms with E-state index in [0.29, 0.717) is 19.8 Å². The van der Waals surface area contributed by atoms with Gasteiger partial charge in [-0.3, -0.25) is 0 Å². The van der Waals surface area contributed by atoms with Crippen molar-refractivity contribution in [1.29, 1.82) is 0 Å². The highest BCUT2D eigenvalue weighted by Crippen LogP contribution is 2.07. The maximum atomic E-state index is 10.7. The molecule has 1 heterocycles. The monoisotopic (exact) mass is 246 g/mol. The fourth-order valence-corrected chi connectivity index (χ4v) is 1.00. The molecule has 6 nitrogen and oxygen atoms in total. The zero-order valence-electron chi connectivity index (χ0n) is 9.67. The van der Waals surface area contributed by atoms with Crippen molar-refractivity contribution in [3.63, 3.8) is 0 Å². The number of hydrogen-bond donors (Lipinski definition) is 1. The first-order chi connectivity index (χ1) is 8.22. The zero-order chi connectivity index (χ0) is 12.5. The molecule has 6 heteroatoms. The van der Waals surface area contributed by atoms with Crippen molar-refractivity contribution in [3.05, 3.63) is 12.7 Å². The Morgan fingerprint density at radius 2 is 2.18 bits per heavy atom. The number of esters is 1. The number of rotatable bonds is 10. The van der Waals surface area contributed by atoms with Gasteiger partial charge in [-0.15, -0.1) is 0 Å². The van der Waals surface area contributed by atoms with Gasteiger partial charge in [0.2, 0.25) is 0 Å². The van der Waals surface area contributed by atoms with Crippen LogP contribution in [0.1, 0.15) is 0 Å². The second-order valence-electron chi connectivity index (χ2n) is 3.59. The Morgan fingerprint density at radius 1 is 1.47 bits per heavy atom. The maximum Gasteiger partial charge on any atom is 0.330 e. The molecule has 1 saturated heterocycles. The SMILES string of the molecule is C=CC(=O)OCC(O)COCCOCC1CO1. The van der Waals surface area contributed by atoms with Gasteiger partial charge >= 0.3 is 5.97 Å². The minimum atomic E-state index is -0.828. The second kappa shape index (κ2) is 8.19. The van der Waals surface area contributed by atoms with E-state index in [1.54, 1.807) is 0 Å². The summed E-state index contributed by atoms with van der Waals surface area (Å²) in [4.78, 5) is 10.7. The van der Waals surface area contributed by atoms with Gasteiger partial charge in [-0.1, -0.05) is 6.58 Å². The molecule has 1 aliphatic heterocycles. The average Bonchev–Trinajstić information content (AvgIpc) is 3.14. The van der Waals surface area contributed by atoms with Gasteiger partial charge < -0.3 is 24.1 Å². The fourth-order valence-electron chi connectivity index (χ4n) is 1.00. The third kappa shape index (κ3) is 7.87. The van der Waals surface area contributed by atoms with Crippen LogP contribution in [-0.2, 0) is 23.7 Å². The molecule has 1 fully saturated rings. The average molecular weight is 246 g/mol. The predicted octanol–water partition coefficient (Wildman–Crippen LogP) is -0.491. The number of aliphatic hydroxyl groups excluding tert-OH is 1. The van der Waals surface area contributed by atoms with Crippen molar-refractivity contribution in [2.75, 3.05) is 39.6 Å². The lowest BCUT2D eigenvalue weighted by atomic mass is 10.4. The molecule has 0 amide bonds. The number of carbonyl (C=O) groups is 1. The van der Waals surface area contributed by atoms with Crippen molar-refractivity contribution in [2.24, 2.45) is 0 Å². The standard InChI is InChI=1S/C11H18O6/c1-2-11(13)17-6-9(12)5-14-3-4-15-7-10-8-16-10/h2,9-10,12H,1,3-8H2. The van der Waals surface area contributed by atoms with Crippen LogP contribution in [0.2, 0.25) is 0 Å². The Bertz CT molecular complexity index is 238. The summed E-state index contributed by atoms with van der Waals surface area (Å²) < 4.78 is 19.9. The van der Waals surface area contributed by atoms with Crippen LogP contribution in [0.3, 0.4) is 0 Å². The van der Waals surface area contributed by atoms with E-state index >= 15 is 0 Å². The normalized spacial score (nSPS) is 19.7. The van der Waals surface area contributed by atoms with Crippen LogP contribution < -0.4 is 0 Å². The summed E-state index contributed by atoms with van der Waals surface area (Å²) in [7, 11) is 0. The van der Waals surface area contributed by atoms with E-state index in [4.69, 9.17) is 14.2 Å². The molecule has 0 aromatic heterocycles. The van der Waals surface area contributed by atoms with Crippen LogP contribution in [0.5, 0.6) is 0 Å². The second-order valence-corrected chi connectivity index (χ2v) is 3.59. The van der Waals surface area contributed by atoms with Gasteiger partial charge in [0.05, 0.1) is 33.0 Å². The van der Waals surface area contributed by atoms with Crippen molar-refractivity contribution < 1.29 is 28.8 Å². The van der Waals surface area contributed by atoms with E-state index in [2.05, 4.69) is 11.3 Å². The van der Waals surface area contributed by atoms with Crippen LogP contribution in [0, 0.1) is 0 Å². The molecule has 0 radical (unpaired) electrons. The molecule has 98 valence electrons. The van der Waals surface area contributed by atoms with Gasteiger partial charge in [-0.2, -0.15) is 0 Å².